The van der Waals surface area contributed by atoms with Crippen molar-refractivity contribution in [1.82, 2.24) is 0 Å². The molecule has 2 aromatic carbocycles. The van der Waals surface area contributed by atoms with Crippen molar-refractivity contribution in [3.63, 3.8) is 0 Å². The monoisotopic (exact) mass is 311 g/mol. The number of halogens is 3. The van der Waals surface area contributed by atoms with Crippen LogP contribution in [0.4, 0.5) is 14.5 Å². The summed E-state index contributed by atoms with van der Waals surface area (Å²) in [6, 6.07) is 6.91. The highest BCUT2D eigenvalue weighted by molar-refractivity contribution is 6.31. The molecule has 7 heteroatoms. The summed E-state index contributed by atoms with van der Waals surface area (Å²) in [5, 5.41) is 11.4. The number of carbonyl (C=O) groups excluding carboxylic acids is 1. The number of amides is 1. The van der Waals surface area contributed by atoms with Crippen molar-refractivity contribution in [3.05, 3.63) is 64.2 Å². The average Bonchev–Trinajstić information content (AvgIpc) is 2.43. The molecule has 21 heavy (non-hydrogen) atoms. The summed E-state index contributed by atoms with van der Waals surface area (Å²) in [7, 11) is 0. The molecule has 4 nitrogen and oxygen atoms in total. The molecular formula is C14H8ClF2NO3. The standard InChI is InChI=1S/C14H8ClF2NO3/c15-7-4-5-11(9(6-7)14(20)21)18-13(19)8-2-1-3-10(16)12(8)17/h1-6H,(H,18,19)(H,20,21). The highest BCUT2D eigenvalue weighted by Crippen LogP contribution is 2.22. The molecule has 0 bridgehead atoms. The van der Waals surface area contributed by atoms with Gasteiger partial charge in [-0.3, -0.25) is 4.79 Å². The van der Waals surface area contributed by atoms with Crippen LogP contribution in [-0.4, -0.2) is 17.0 Å². The van der Waals surface area contributed by atoms with Crippen LogP contribution in [0.5, 0.6) is 0 Å². The van der Waals surface area contributed by atoms with Crippen LogP contribution in [0.25, 0.3) is 0 Å². The second kappa shape index (κ2) is 5.88. The highest BCUT2D eigenvalue weighted by atomic mass is 35.5. The Kier molecular flexibility index (Phi) is 4.18. The number of hydrogen-bond donors (Lipinski definition) is 2. The highest BCUT2D eigenvalue weighted by Gasteiger charge is 2.18. The number of benzene rings is 2. The summed E-state index contributed by atoms with van der Waals surface area (Å²) in [5.41, 5.74) is -0.852. The van der Waals surface area contributed by atoms with E-state index in [9.17, 15) is 18.4 Å². The van der Waals surface area contributed by atoms with Gasteiger partial charge in [-0.1, -0.05) is 17.7 Å². The van der Waals surface area contributed by atoms with Gasteiger partial charge in [-0.05, 0) is 30.3 Å². The van der Waals surface area contributed by atoms with Crippen molar-refractivity contribution in [2.45, 2.75) is 0 Å². The van der Waals surface area contributed by atoms with Crippen molar-refractivity contribution < 1.29 is 23.5 Å². The van der Waals surface area contributed by atoms with E-state index in [1.807, 2.05) is 0 Å². The Hall–Kier alpha value is -2.47. The van der Waals surface area contributed by atoms with Gasteiger partial charge in [-0.2, -0.15) is 0 Å². The van der Waals surface area contributed by atoms with E-state index in [0.29, 0.717) is 0 Å². The first-order chi connectivity index (χ1) is 9.90. The lowest BCUT2D eigenvalue weighted by atomic mass is 10.1. The minimum absolute atomic E-state index is 0.0689. The molecule has 0 fully saturated rings. The maximum atomic E-state index is 13.5. The lowest BCUT2D eigenvalue weighted by Gasteiger charge is -2.09. The van der Waals surface area contributed by atoms with Gasteiger partial charge in [0.1, 0.15) is 0 Å². The number of carboxylic acids is 1. The van der Waals surface area contributed by atoms with Gasteiger partial charge in [0.25, 0.3) is 5.91 Å². The lowest BCUT2D eigenvalue weighted by Crippen LogP contribution is -2.16. The molecule has 0 aliphatic heterocycles. The largest absolute Gasteiger partial charge is 0.478 e. The van der Waals surface area contributed by atoms with Crippen LogP contribution < -0.4 is 5.32 Å². The molecule has 0 aromatic heterocycles. The van der Waals surface area contributed by atoms with E-state index >= 15 is 0 Å². The van der Waals surface area contributed by atoms with Crippen LogP contribution in [-0.2, 0) is 0 Å². The Morgan fingerprint density at radius 2 is 1.81 bits per heavy atom. The van der Waals surface area contributed by atoms with Crippen LogP contribution in [0, 0.1) is 11.6 Å². The van der Waals surface area contributed by atoms with Gasteiger partial charge < -0.3 is 10.4 Å². The van der Waals surface area contributed by atoms with Gasteiger partial charge in [0.05, 0.1) is 16.8 Å². The van der Waals surface area contributed by atoms with E-state index in [1.54, 1.807) is 0 Å². The van der Waals surface area contributed by atoms with Crippen molar-refractivity contribution in [3.8, 4) is 0 Å². The summed E-state index contributed by atoms with van der Waals surface area (Å²) >= 11 is 5.67. The maximum Gasteiger partial charge on any atom is 0.337 e. The molecule has 0 atom stereocenters. The molecule has 1 amide bonds. The first-order valence-electron chi connectivity index (χ1n) is 5.68. The first kappa shape index (κ1) is 14.9. The van der Waals surface area contributed by atoms with Crippen LogP contribution in [0.3, 0.4) is 0 Å². The molecule has 0 saturated heterocycles. The molecule has 0 saturated carbocycles. The summed E-state index contributed by atoms with van der Waals surface area (Å²) in [6.07, 6.45) is 0. The Labute approximate surface area is 123 Å². The third-order valence-electron chi connectivity index (χ3n) is 2.66. The Morgan fingerprint density at radius 1 is 1.10 bits per heavy atom. The summed E-state index contributed by atoms with van der Waals surface area (Å²) in [5.74, 6) is -4.75. The fourth-order valence-electron chi connectivity index (χ4n) is 1.67. The lowest BCUT2D eigenvalue weighted by molar-refractivity contribution is 0.0698. The Balaban J connectivity index is 2.36. The molecule has 0 unspecified atom stereocenters. The normalized spacial score (nSPS) is 10.2. The predicted molar refractivity (Wildman–Crippen MR) is 72.7 cm³/mol. The Bertz CT molecular complexity index is 734. The molecule has 0 heterocycles. The van der Waals surface area contributed by atoms with E-state index in [2.05, 4.69) is 5.32 Å². The van der Waals surface area contributed by atoms with E-state index < -0.39 is 29.1 Å². The SMILES string of the molecule is O=C(O)c1cc(Cl)ccc1NC(=O)c1cccc(F)c1F. The second-order valence-electron chi connectivity index (χ2n) is 4.05. The number of carboxylic acid groups (broad SMARTS) is 1. The predicted octanol–water partition coefficient (Wildman–Crippen LogP) is 3.57. The molecule has 0 radical (unpaired) electrons. The van der Waals surface area contributed by atoms with Gasteiger partial charge in [-0.15, -0.1) is 0 Å². The van der Waals surface area contributed by atoms with Crippen molar-refractivity contribution in [2.24, 2.45) is 0 Å². The van der Waals surface area contributed by atoms with Gasteiger partial charge in [0.15, 0.2) is 11.6 Å². The third kappa shape index (κ3) is 3.17. The number of nitrogens with one attached hydrogen (secondary N) is 1. The van der Waals surface area contributed by atoms with E-state index in [0.717, 1.165) is 18.2 Å². The number of rotatable bonds is 3. The van der Waals surface area contributed by atoms with E-state index in [-0.39, 0.29) is 16.3 Å². The molecule has 2 rings (SSSR count). The topological polar surface area (TPSA) is 66.4 Å². The molecule has 108 valence electrons. The molecule has 0 spiro atoms. The first-order valence-corrected chi connectivity index (χ1v) is 6.06. The van der Waals surface area contributed by atoms with Crippen molar-refractivity contribution in [2.75, 3.05) is 5.32 Å². The summed E-state index contributed by atoms with van der Waals surface area (Å²) in [4.78, 5) is 23.0. The molecule has 0 aliphatic carbocycles. The van der Waals surface area contributed by atoms with Crippen LogP contribution in [0.15, 0.2) is 36.4 Å². The smallest absolute Gasteiger partial charge is 0.337 e. The van der Waals surface area contributed by atoms with E-state index in [1.165, 1.54) is 18.2 Å². The molecule has 0 aliphatic rings. The second-order valence-corrected chi connectivity index (χ2v) is 4.49. The van der Waals surface area contributed by atoms with Gasteiger partial charge in [0, 0.05) is 5.02 Å². The third-order valence-corrected chi connectivity index (χ3v) is 2.89. The molecular weight excluding hydrogens is 304 g/mol. The fourth-order valence-corrected chi connectivity index (χ4v) is 1.84. The number of anilines is 1. The number of hydrogen-bond acceptors (Lipinski definition) is 2. The van der Waals surface area contributed by atoms with Crippen molar-refractivity contribution >= 4 is 29.2 Å². The van der Waals surface area contributed by atoms with Crippen LogP contribution >= 0.6 is 11.6 Å². The maximum absolute atomic E-state index is 13.5. The number of aromatic carboxylic acids is 1. The fraction of sp³-hybridized carbons (Fsp3) is 0. The van der Waals surface area contributed by atoms with E-state index in [4.69, 9.17) is 16.7 Å². The zero-order valence-corrected chi connectivity index (χ0v) is 11.1. The Morgan fingerprint density at radius 3 is 2.48 bits per heavy atom. The van der Waals surface area contributed by atoms with Crippen molar-refractivity contribution in [1.29, 1.82) is 0 Å². The molecule has 2 aromatic rings. The minimum atomic E-state index is -1.31. The summed E-state index contributed by atoms with van der Waals surface area (Å²) in [6.45, 7) is 0. The number of carbonyl (C=O) groups is 2. The van der Waals surface area contributed by atoms with Gasteiger partial charge >= 0.3 is 5.97 Å². The van der Waals surface area contributed by atoms with Gasteiger partial charge in [0.2, 0.25) is 0 Å². The van der Waals surface area contributed by atoms with Crippen LogP contribution in [0.2, 0.25) is 5.02 Å². The zero-order chi connectivity index (χ0) is 15.6. The zero-order valence-electron chi connectivity index (χ0n) is 10.4. The molecule has 2 N–H and O–H groups in total. The summed E-state index contributed by atoms with van der Waals surface area (Å²) < 4.78 is 26.6. The average molecular weight is 312 g/mol. The van der Waals surface area contributed by atoms with Gasteiger partial charge in [-0.25, -0.2) is 13.6 Å². The minimum Gasteiger partial charge on any atom is -0.478 e. The van der Waals surface area contributed by atoms with Crippen LogP contribution in [0.1, 0.15) is 20.7 Å². The quantitative estimate of drug-likeness (QED) is 0.910.